The molecule has 38 heavy (non-hydrogen) atoms. The zero-order chi connectivity index (χ0) is 27.4. The van der Waals surface area contributed by atoms with Gasteiger partial charge in [0.25, 0.3) is 5.91 Å². The van der Waals surface area contributed by atoms with Gasteiger partial charge >= 0.3 is 6.03 Å². The van der Waals surface area contributed by atoms with Crippen molar-refractivity contribution in [3.63, 3.8) is 0 Å². The molecule has 3 atom stereocenters. The number of hydrogen-bond donors (Lipinski definition) is 2. The van der Waals surface area contributed by atoms with Crippen molar-refractivity contribution < 1.29 is 28.2 Å². The van der Waals surface area contributed by atoms with Crippen LogP contribution >= 0.6 is 0 Å². The molecule has 2 aliphatic rings. The first kappa shape index (κ1) is 27.4. The molecule has 0 unspecified atom stereocenters. The van der Waals surface area contributed by atoms with E-state index in [4.69, 9.17) is 9.47 Å². The van der Waals surface area contributed by atoms with Gasteiger partial charge in [0.1, 0.15) is 18.2 Å². The molecular weight excluding hydrogens is 491 g/mol. The Bertz CT molecular complexity index is 1190. The summed E-state index contributed by atoms with van der Waals surface area (Å²) in [7, 11) is 3.29. The highest BCUT2D eigenvalue weighted by molar-refractivity contribution is 6.02. The number of halogens is 1. The van der Waals surface area contributed by atoms with Crippen LogP contribution in [0.25, 0.3) is 0 Å². The number of rotatable bonds is 4. The average molecular weight is 527 g/mol. The lowest BCUT2D eigenvalue weighted by atomic mass is 10.0. The number of ether oxygens (including phenoxy) is 2. The van der Waals surface area contributed by atoms with Crippen LogP contribution in [0.4, 0.5) is 20.6 Å². The quantitative estimate of drug-likeness (QED) is 0.622. The van der Waals surface area contributed by atoms with Crippen molar-refractivity contribution in [2.45, 2.75) is 38.8 Å². The molecule has 1 saturated carbocycles. The van der Waals surface area contributed by atoms with Crippen molar-refractivity contribution in [1.82, 2.24) is 9.80 Å². The third-order valence-corrected chi connectivity index (χ3v) is 6.99. The number of carbonyl (C=O) groups excluding carboxylic acids is 3. The number of nitrogens with one attached hydrogen (secondary N) is 2. The predicted molar refractivity (Wildman–Crippen MR) is 142 cm³/mol. The van der Waals surface area contributed by atoms with Crippen molar-refractivity contribution in [2.24, 2.45) is 11.8 Å². The van der Waals surface area contributed by atoms with E-state index in [1.807, 2.05) is 18.7 Å². The molecule has 4 amide bonds. The van der Waals surface area contributed by atoms with E-state index < -0.39 is 11.8 Å². The van der Waals surface area contributed by atoms with E-state index in [0.29, 0.717) is 30.2 Å². The standard InChI is InChI=1S/C28H35FN4O5/c1-17-14-33(26(34)19-8-9-19)18(2)16-38-24-11-10-22(13-23(24)27(35)32(3)15-25(17)37-4)31-28(36)30-21-7-5-6-20(29)12-21/h5-7,10-13,17-19,25H,8-9,14-16H2,1-4H3,(H2,30,31,36)/t17-,18-,25+/m1/s1. The highest BCUT2D eigenvalue weighted by atomic mass is 19.1. The molecule has 2 aromatic carbocycles. The van der Waals surface area contributed by atoms with Crippen molar-refractivity contribution in [3.05, 3.63) is 53.8 Å². The van der Waals surface area contributed by atoms with Crippen molar-refractivity contribution >= 4 is 29.2 Å². The lowest BCUT2D eigenvalue weighted by molar-refractivity contribution is -0.136. The molecule has 1 heterocycles. The summed E-state index contributed by atoms with van der Waals surface area (Å²) in [5, 5.41) is 5.25. The molecule has 2 aromatic rings. The van der Waals surface area contributed by atoms with Gasteiger partial charge in [-0.25, -0.2) is 9.18 Å². The molecule has 0 radical (unpaired) electrons. The van der Waals surface area contributed by atoms with Crippen LogP contribution in [0.15, 0.2) is 42.5 Å². The van der Waals surface area contributed by atoms with E-state index in [2.05, 4.69) is 10.6 Å². The third-order valence-electron chi connectivity index (χ3n) is 6.99. The van der Waals surface area contributed by atoms with Crippen LogP contribution in [-0.4, -0.2) is 73.6 Å². The summed E-state index contributed by atoms with van der Waals surface area (Å²) >= 11 is 0. The molecule has 0 bridgehead atoms. The van der Waals surface area contributed by atoms with Crippen molar-refractivity contribution in [3.8, 4) is 5.75 Å². The smallest absolute Gasteiger partial charge is 0.323 e. The Balaban J connectivity index is 1.58. The average Bonchev–Trinajstić information content (AvgIpc) is 3.73. The van der Waals surface area contributed by atoms with Crippen LogP contribution in [0, 0.1) is 17.7 Å². The van der Waals surface area contributed by atoms with Crippen molar-refractivity contribution in [1.29, 1.82) is 0 Å². The summed E-state index contributed by atoms with van der Waals surface area (Å²) < 4.78 is 25.3. The number of carbonyl (C=O) groups is 3. The van der Waals surface area contributed by atoms with E-state index in [0.717, 1.165) is 12.8 Å². The van der Waals surface area contributed by atoms with Crippen LogP contribution in [0.5, 0.6) is 5.75 Å². The second-order valence-electron chi connectivity index (χ2n) is 10.2. The molecular formula is C28H35FN4O5. The lowest BCUT2D eigenvalue weighted by Gasteiger charge is -2.36. The maximum Gasteiger partial charge on any atom is 0.323 e. The number of methoxy groups -OCH3 is 1. The number of likely N-dealkylation sites (N-methyl/N-ethyl adjacent to an activating group) is 1. The Labute approximate surface area is 222 Å². The zero-order valence-electron chi connectivity index (χ0n) is 22.2. The number of nitrogens with zero attached hydrogens (tertiary/aromatic N) is 2. The van der Waals surface area contributed by atoms with Gasteiger partial charge in [0.2, 0.25) is 5.91 Å². The van der Waals surface area contributed by atoms with Crippen LogP contribution in [-0.2, 0) is 9.53 Å². The summed E-state index contributed by atoms with van der Waals surface area (Å²) in [6.45, 7) is 5.00. The molecule has 10 heteroatoms. The molecule has 204 valence electrons. The van der Waals surface area contributed by atoms with Crippen LogP contribution in [0.1, 0.15) is 37.0 Å². The molecule has 0 spiro atoms. The number of anilines is 2. The summed E-state index contributed by atoms with van der Waals surface area (Å²) in [4.78, 5) is 42.5. The summed E-state index contributed by atoms with van der Waals surface area (Å²) in [5.74, 6) is -0.216. The van der Waals surface area contributed by atoms with Gasteiger partial charge in [-0.3, -0.25) is 9.59 Å². The molecule has 1 aliphatic carbocycles. The minimum Gasteiger partial charge on any atom is -0.491 e. The Morgan fingerprint density at radius 2 is 1.76 bits per heavy atom. The van der Waals surface area contributed by atoms with E-state index in [9.17, 15) is 18.8 Å². The molecule has 0 saturated heterocycles. The van der Waals surface area contributed by atoms with Gasteiger partial charge in [0.15, 0.2) is 0 Å². The SMILES string of the molecule is CO[C@H]1CN(C)C(=O)c2cc(NC(=O)Nc3cccc(F)c3)ccc2OC[C@@H](C)N(C(=O)C2CC2)C[C@H]1C. The van der Waals surface area contributed by atoms with Crippen LogP contribution in [0.3, 0.4) is 0 Å². The largest absolute Gasteiger partial charge is 0.491 e. The molecule has 4 rings (SSSR count). The van der Waals surface area contributed by atoms with Gasteiger partial charge in [0, 0.05) is 50.5 Å². The van der Waals surface area contributed by atoms with Gasteiger partial charge in [-0.1, -0.05) is 13.0 Å². The fraction of sp³-hybridized carbons (Fsp3) is 0.464. The highest BCUT2D eigenvalue weighted by Crippen LogP contribution is 2.33. The zero-order valence-corrected chi connectivity index (χ0v) is 22.2. The van der Waals surface area contributed by atoms with E-state index in [-0.39, 0.29) is 48.0 Å². The topological polar surface area (TPSA) is 100 Å². The second-order valence-corrected chi connectivity index (χ2v) is 10.2. The molecule has 0 aromatic heterocycles. The van der Waals surface area contributed by atoms with Gasteiger partial charge < -0.3 is 29.9 Å². The van der Waals surface area contributed by atoms with Gasteiger partial charge in [0.05, 0.1) is 17.7 Å². The number of hydrogen-bond acceptors (Lipinski definition) is 5. The van der Waals surface area contributed by atoms with E-state index in [1.165, 1.54) is 18.2 Å². The van der Waals surface area contributed by atoms with E-state index in [1.54, 1.807) is 43.3 Å². The minimum atomic E-state index is -0.582. The maximum absolute atomic E-state index is 13.5. The second kappa shape index (κ2) is 11.8. The number of benzene rings is 2. The Hall–Kier alpha value is -3.66. The summed E-state index contributed by atoms with van der Waals surface area (Å²) in [6.07, 6.45) is 1.54. The summed E-state index contributed by atoms with van der Waals surface area (Å²) in [5.41, 5.74) is 0.934. The fourth-order valence-electron chi connectivity index (χ4n) is 4.59. The normalized spacial score (nSPS) is 22.4. The Morgan fingerprint density at radius 3 is 2.42 bits per heavy atom. The number of urea groups is 1. The third kappa shape index (κ3) is 6.61. The predicted octanol–water partition coefficient (Wildman–Crippen LogP) is 4.21. The maximum atomic E-state index is 13.5. The first-order chi connectivity index (χ1) is 18.2. The fourth-order valence-corrected chi connectivity index (χ4v) is 4.59. The molecule has 2 N–H and O–H groups in total. The van der Waals surface area contributed by atoms with E-state index >= 15 is 0 Å². The summed E-state index contributed by atoms with van der Waals surface area (Å²) in [6, 6.07) is 9.56. The van der Waals surface area contributed by atoms with Gasteiger partial charge in [-0.15, -0.1) is 0 Å². The van der Waals surface area contributed by atoms with Crippen LogP contribution < -0.4 is 15.4 Å². The molecule has 1 aliphatic heterocycles. The van der Waals surface area contributed by atoms with Gasteiger partial charge in [-0.2, -0.15) is 0 Å². The lowest BCUT2D eigenvalue weighted by Crippen LogP contribution is -2.49. The van der Waals surface area contributed by atoms with Crippen molar-refractivity contribution in [2.75, 3.05) is 44.5 Å². The highest BCUT2D eigenvalue weighted by Gasteiger charge is 2.37. The Kier molecular flexibility index (Phi) is 8.51. The van der Waals surface area contributed by atoms with Gasteiger partial charge in [-0.05, 0) is 56.2 Å². The number of amides is 4. The molecule has 1 fully saturated rings. The minimum absolute atomic E-state index is 0.0150. The monoisotopic (exact) mass is 526 g/mol. The molecule has 9 nitrogen and oxygen atoms in total. The first-order valence-electron chi connectivity index (χ1n) is 12.9. The Morgan fingerprint density at radius 1 is 1.05 bits per heavy atom. The van der Waals surface area contributed by atoms with Crippen LogP contribution in [0.2, 0.25) is 0 Å². The number of fused-ring (bicyclic) bond motifs is 1. The first-order valence-corrected chi connectivity index (χ1v) is 12.9.